The number of halogens is 1. The second kappa shape index (κ2) is 5.20. The van der Waals surface area contributed by atoms with Crippen molar-refractivity contribution < 1.29 is 33.3 Å². The zero-order valence-electron chi connectivity index (χ0n) is 8.38. The lowest BCUT2D eigenvalue weighted by Gasteiger charge is -2.17. The number of aryl methyl sites for hydroxylation is 1. The fraction of sp³-hybridized carbons (Fsp3) is 0.100. The van der Waals surface area contributed by atoms with Crippen LogP contribution in [0.2, 0.25) is 0 Å². The Morgan fingerprint density at radius 1 is 0.938 bits per heavy atom. The van der Waals surface area contributed by atoms with Crippen LogP contribution in [0.4, 0.5) is 0 Å². The first-order chi connectivity index (χ1) is 7.36. The first-order valence-electron chi connectivity index (χ1n) is 4.26. The van der Waals surface area contributed by atoms with Gasteiger partial charge in [-0.3, -0.25) is 0 Å². The van der Waals surface area contributed by atoms with E-state index in [1.165, 1.54) is 0 Å². The topological polar surface area (TPSA) is 104 Å². The molecule has 1 aromatic heterocycles. The van der Waals surface area contributed by atoms with Gasteiger partial charge in [-0.2, -0.15) is 0 Å². The van der Waals surface area contributed by atoms with Crippen LogP contribution in [0.1, 0.15) is 5.76 Å². The molecule has 0 aliphatic heterocycles. The number of rotatable bonds is 0. The summed E-state index contributed by atoms with van der Waals surface area (Å²) < 4.78 is 39.4. The van der Waals surface area contributed by atoms with Gasteiger partial charge in [0, 0.05) is 12.1 Å². The Morgan fingerprint density at radius 3 is 2.12 bits per heavy atom. The maximum Gasteiger partial charge on any atom is 0.360 e. The van der Waals surface area contributed by atoms with Gasteiger partial charge in [0.1, 0.15) is 0 Å². The Labute approximate surface area is 93.9 Å². The molecule has 0 bridgehead atoms. The molecule has 0 atom stereocenters. The summed E-state index contributed by atoms with van der Waals surface area (Å²) in [7, 11) is -4.94. The molecular formula is C10H9ClO5. The molecule has 16 heavy (non-hydrogen) atoms. The average molecular weight is 245 g/mol. The van der Waals surface area contributed by atoms with Gasteiger partial charge in [-0.05, 0) is 12.1 Å². The Kier molecular flexibility index (Phi) is 4.17. The van der Waals surface area contributed by atoms with E-state index < -0.39 is 10.2 Å². The predicted octanol–water partition coefficient (Wildman–Crippen LogP) is -1.73. The van der Waals surface area contributed by atoms with Crippen molar-refractivity contribution in [3.8, 4) is 0 Å². The Balaban J connectivity index is 0.000000221. The van der Waals surface area contributed by atoms with Crippen molar-refractivity contribution in [1.82, 2.24) is 0 Å². The maximum atomic E-state index is 8.49. The quantitative estimate of drug-likeness (QED) is 0.512. The fourth-order valence-corrected chi connectivity index (χ4v) is 1.13. The van der Waals surface area contributed by atoms with E-state index in [1.807, 2.05) is 37.3 Å². The van der Waals surface area contributed by atoms with E-state index in [0.29, 0.717) is 0 Å². The highest BCUT2D eigenvalue weighted by atomic mass is 35.7. The van der Waals surface area contributed by atoms with Gasteiger partial charge in [0.25, 0.3) is 0 Å². The molecule has 2 rings (SSSR count). The van der Waals surface area contributed by atoms with Crippen LogP contribution in [-0.2, 0) is 0 Å². The molecule has 0 radical (unpaired) electrons. The smallest absolute Gasteiger partial charge is 0.222 e. The molecule has 0 fully saturated rings. The maximum absolute atomic E-state index is 8.49. The van der Waals surface area contributed by atoms with E-state index in [-0.39, 0.29) is 0 Å². The van der Waals surface area contributed by atoms with Gasteiger partial charge in [-0.25, -0.2) is 23.1 Å². The molecule has 0 aliphatic carbocycles. The molecule has 1 heterocycles. The summed E-state index contributed by atoms with van der Waals surface area (Å²) in [5.41, 5.74) is 0.951. The summed E-state index contributed by atoms with van der Waals surface area (Å²) in [5.74, 6) is 0.948. The third-order valence-corrected chi connectivity index (χ3v) is 1.69. The van der Waals surface area contributed by atoms with Crippen molar-refractivity contribution in [2.45, 2.75) is 6.92 Å². The first-order valence-corrected chi connectivity index (χ1v) is 5.50. The lowest BCUT2D eigenvalue weighted by atomic mass is 10.2. The zero-order chi connectivity index (χ0) is 12.2. The third-order valence-electron chi connectivity index (χ3n) is 1.69. The highest BCUT2D eigenvalue weighted by Crippen LogP contribution is 2.14. The minimum absolute atomic E-state index is 0.948. The molecule has 5 nitrogen and oxygen atoms in total. The summed E-state index contributed by atoms with van der Waals surface area (Å²) in [4.78, 5) is 0. The van der Waals surface area contributed by atoms with Crippen LogP contribution in [0.25, 0.3) is 11.0 Å². The summed E-state index contributed by atoms with van der Waals surface area (Å²) in [6.45, 7) is 1.95. The average Bonchev–Trinajstić information content (AvgIpc) is 2.15. The molecule has 0 saturated heterocycles. The summed E-state index contributed by atoms with van der Waals surface area (Å²) >= 11 is 0. The molecule has 6 heteroatoms. The Bertz CT molecular complexity index is 460. The number of hydrogen-bond donors (Lipinski definition) is 0. The van der Waals surface area contributed by atoms with E-state index in [0.717, 1.165) is 16.7 Å². The molecule has 86 valence electrons. The monoisotopic (exact) mass is 244 g/mol. The number of para-hydroxylation sites is 1. The van der Waals surface area contributed by atoms with Gasteiger partial charge >= 0.3 is 11.3 Å². The van der Waals surface area contributed by atoms with Crippen molar-refractivity contribution in [3.05, 3.63) is 42.2 Å². The largest absolute Gasteiger partial charge is 0.360 e. The van der Waals surface area contributed by atoms with Crippen LogP contribution in [0, 0.1) is 17.2 Å². The summed E-state index contributed by atoms with van der Waals surface area (Å²) in [6.07, 6.45) is 0. The van der Waals surface area contributed by atoms with E-state index in [9.17, 15) is 0 Å². The number of fused-ring (bicyclic) bond motifs is 1. The fourth-order valence-electron chi connectivity index (χ4n) is 1.13. The molecular weight excluding hydrogens is 236 g/mol. The Hall–Kier alpha value is -1.24. The number of hydrogen-bond acceptors (Lipinski definition) is 4. The van der Waals surface area contributed by atoms with Crippen molar-refractivity contribution in [2.24, 2.45) is 0 Å². The first kappa shape index (κ1) is 12.8. The highest BCUT2D eigenvalue weighted by Gasteiger charge is 2.04. The highest BCUT2D eigenvalue weighted by molar-refractivity contribution is 5.76. The minimum Gasteiger partial charge on any atom is -0.222 e. The van der Waals surface area contributed by atoms with Gasteiger partial charge in [-0.1, -0.05) is 12.1 Å². The molecule has 0 amide bonds. The lowest BCUT2D eigenvalue weighted by molar-refractivity contribution is -2.00. The predicted molar refractivity (Wildman–Crippen MR) is 45.4 cm³/mol. The number of benzene rings is 1. The van der Waals surface area contributed by atoms with Crippen molar-refractivity contribution in [3.63, 3.8) is 0 Å². The van der Waals surface area contributed by atoms with Gasteiger partial charge in [-0.15, -0.1) is 10.2 Å². The van der Waals surface area contributed by atoms with Gasteiger partial charge in [0.2, 0.25) is 0 Å². The van der Waals surface area contributed by atoms with Crippen LogP contribution in [-0.4, -0.2) is 0 Å². The molecule has 0 unspecified atom stereocenters. The molecule has 0 saturated carbocycles. The van der Waals surface area contributed by atoms with Crippen LogP contribution < -0.4 is 18.6 Å². The molecule has 2 aromatic rings. The molecule has 1 aromatic carbocycles. The SMILES string of the molecule is Cc1ccc2ccccc2[o+]1.[O-][Cl+3]([O-])([O-])[O-]. The van der Waals surface area contributed by atoms with Crippen LogP contribution in [0.5, 0.6) is 0 Å². The van der Waals surface area contributed by atoms with Crippen LogP contribution in [0.3, 0.4) is 0 Å². The minimum atomic E-state index is -4.94. The van der Waals surface area contributed by atoms with E-state index in [4.69, 9.17) is 23.1 Å². The molecule has 0 N–H and O–H groups in total. The van der Waals surface area contributed by atoms with Crippen LogP contribution >= 0.6 is 0 Å². The second-order valence-electron chi connectivity index (χ2n) is 2.96. The van der Waals surface area contributed by atoms with E-state index in [2.05, 4.69) is 6.07 Å². The normalized spacial score (nSPS) is 10.8. The second-order valence-corrected chi connectivity index (χ2v) is 3.72. The standard InChI is InChI=1S/C10H9O.ClHO4/c1-8-6-7-9-4-2-3-5-10(9)11-8;2-1(3,4)5/h2-7H,1H3;(H,2,3,4,5)/q+1;/p-1. The zero-order valence-corrected chi connectivity index (χ0v) is 9.14. The third kappa shape index (κ3) is 5.01. The summed E-state index contributed by atoms with van der Waals surface area (Å²) in [6, 6.07) is 12.0. The van der Waals surface area contributed by atoms with Gasteiger partial charge in [0.05, 0.1) is 12.3 Å². The van der Waals surface area contributed by atoms with Crippen molar-refractivity contribution in [2.75, 3.05) is 0 Å². The van der Waals surface area contributed by atoms with Gasteiger partial charge < -0.3 is 0 Å². The summed E-state index contributed by atoms with van der Waals surface area (Å²) in [5, 5.41) is 1.15. The van der Waals surface area contributed by atoms with Crippen molar-refractivity contribution >= 4 is 11.0 Å². The molecule has 0 aliphatic rings. The van der Waals surface area contributed by atoms with Crippen LogP contribution in [0.15, 0.2) is 40.8 Å². The van der Waals surface area contributed by atoms with E-state index in [1.54, 1.807) is 0 Å². The Morgan fingerprint density at radius 2 is 1.50 bits per heavy atom. The molecule has 0 spiro atoms. The van der Waals surface area contributed by atoms with Crippen molar-refractivity contribution in [1.29, 1.82) is 0 Å². The van der Waals surface area contributed by atoms with Gasteiger partial charge in [0.15, 0.2) is 0 Å². The lowest BCUT2D eigenvalue weighted by Crippen LogP contribution is -2.68. The van der Waals surface area contributed by atoms with E-state index >= 15 is 0 Å².